The zero-order valence-corrected chi connectivity index (χ0v) is 16.6. The van der Waals surface area contributed by atoms with Crippen molar-refractivity contribution in [3.63, 3.8) is 0 Å². The zero-order valence-electron chi connectivity index (χ0n) is 15.0. The first-order valence-corrected chi connectivity index (χ1v) is 10.1. The molecular formula is C21H23ClN2OS. The molecule has 26 heavy (non-hydrogen) atoms. The number of rotatable bonds is 7. The maximum absolute atomic E-state index is 12.8. The first-order chi connectivity index (χ1) is 12.7. The standard InChI is InChI=1S/C21H23ClN2OS/c1-3-24(4-2)17(15-10-6-5-7-11-15)14-23-21(25)20-19(22)16-12-8-9-13-18(16)26-20/h5-13,17H,3-4,14H2,1-2H3,(H,23,25). The molecule has 1 heterocycles. The molecule has 136 valence electrons. The molecule has 5 heteroatoms. The Morgan fingerprint density at radius 2 is 1.73 bits per heavy atom. The average molecular weight is 387 g/mol. The van der Waals surface area contributed by atoms with Crippen LogP contribution in [0.25, 0.3) is 10.1 Å². The van der Waals surface area contributed by atoms with Crippen molar-refractivity contribution in [3.05, 3.63) is 70.1 Å². The van der Waals surface area contributed by atoms with Gasteiger partial charge >= 0.3 is 0 Å². The fourth-order valence-corrected chi connectivity index (χ4v) is 4.66. The molecule has 2 aromatic carbocycles. The summed E-state index contributed by atoms with van der Waals surface area (Å²) in [4.78, 5) is 15.7. The molecule has 0 aliphatic rings. The maximum atomic E-state index is 12.8. The molecule has 0 saturated heterocycles. The van der Waals surface area contributed by atoms with Crippen LogP contribution in [0.1, 0.15) is 35.1 Å². The molecule has 1 atom stereocenters. The van der Waals surface area contributed by atoms with Gasteiger partial charge in [-0.3, -0.25) is 9.69 Å². The molecule has 1 amide bonds. The first-order valence-electron chi connectivity index (χ1n) is 8.89. The summed E-state index contributed by atoms with van der Waals surface area (Å²) in [6, 6.07) is 18.3. The van der Waals surface area contributed by atoms with Crippen molar-refractivity contribution in [2.75, 3.05) is 19.6 Å². The Bertz CT molecular complexity index is 874. The van der Waals surface area contributed by atoms with E-state index < -0.39 is 0 Å². The highest BCUT2D eigenvalue weighted by Gasteiger charge is 2.21. The Morgan fingerprint density at radius 1 is 1.08 bits per heavy atom. The van der Waals surface area contributed by atoms with Crippen LogP contribution in [0.5, 0.6) is 0 Å². The van der Waals surface area contributed by atoms with Crippen molar-refractivity contribution >= 4 is 38.9 Å². The molecule has 1 aromatic heterocycles. The fraction of sp³-hybridized carbons (Fsp3) is 0.286. The van der Waals surface area contributed by atoms with Gasteiger partial charge in [-0.05, 0) is 24.7 Å². The van der Waals surface area contributed by atoms with Crippen molar-refractivity contribution in [2.45, 2.75) is 19.9 Å². The Labute approximate surface area is 163 Å². The summed E-state index contributed by atoms with van der Waals surface area (Å²) in [6.45, 7) is 6.69. The van der Waals surface area contributed by atoms with E-state index in [2.05, 4.69) is 36.2 Å². The molecule has 0 bridgehead atoms. The highest BCUT2D eigenvalue weighted by molar-refractivity contribution is 7.21. The number of carbonyl (C=O) groups is 1. The lowest BCUT2D eigenvalue weighted by Crippen LogP contribution is -2.38. The molecule has 1 unspecified atom stereocenters. The van der Waals surface area contributed by atoms with Crippen LogP contribution < -0.4 is 5.32 Å². The quantitative estimate of drug-likeness (QED) is 0.592. The molecular weight excluding hydrogens is 364 g/mol. The van der Waals surface area contributed by atoms with Gasteiger partial charge in [-0.25, -0.2) is 0 Å². The number of likely N-dealkylation sites (N-methyl/N-ethyl adjacent to an activating group) is 1. The Hall–Kier alpha value is -1.88. The molecule has 3 nitrogen and oxygen atoms in total. The lowest BCUT2D eigenvalue weighted by molar-refractivity contribution is 0.0939. The Balaban J connectivity index is 1.79. The third-order valence-corrected chi connectivity index (χ3v) is 6.31. The van der Waals surface area contributed by atoms with E-state index in [0.29, 0.717) is 16.4 Å². The second kappa shape index (κ2) is 8.67. The van der Waals surface area contributed by atoms with Crippen LogP contribution in [0.15, 0.2) is 54.6 Å². The van der Waals surface area contributed by atoms with Gasteiger partial charge in [0.15, 0.2) is 0 Å². The smallest absolute Gasteiger partial charge is 0.262 e. The predicted octanol–water partition coefficient (Wildman–Crippen LogP) is 5.37. The van der Waals surface area contributed by atoms with Crippen LogP contribution in [-0.2, 0) is 0 Å². The molecule has 0 aliphatic heterocycles. The number of halogens is 1. The van der Waals surface area contributed by atoms with E-state index in [0.717, 1.165) is 23.2 Å². The highest BCUT2D eigenvalue weighted by atomic mass is 35.5. The Morgan fingerprint density at radius 3 is 2.38 bits per heavy atom. The maximum Gasteiger partial charge on any atom is 0.262 e. The number of fused-ring (bicyclic) bond motifs is 1. The number of carbonyl (C=O) groups excluding carboxylic acids is 1. The third-order valence-electron chi connectivity index (χ3n) is 4.63. The van der Waals surface area contributed by atoms with E-state index in [1.54, 1.807) is 0 Å². The van der Waals surface area contributed by atoms with E-state index in [4.69, 9.17) is 11.6 Å². The van der Waals surface area contributed by atoms with Crippen molar-refractivity contribution < 1.29 is 4.79 Å². The summed E-state index contributed by atoms with van der Waals surface area (Å²) in [5.41, 5.74) is 1.21. The molecule has 0 aliphatic carbocycles. The van der Waals surface area contributed by atoms with Gasteiger partial charge < -0.3 is 5.32 Å². The molecule has 3 rings (SSSR count). The molecule has 0 fully saturated rings. The van der Waals surface area contributed by atoms with Crippen LogP contribution >= 0.6 is 22.9 Å². The molecule has 0 saturated carbocycles. The normalized spacial score (nSPS) is 12.5. The number of amides is 1. The number of nitrogens with one attached hydrogen (secondary N) is 1. The summed E-state index contributed by atoms with van der Waals surface area (Å²) in [7, 11) is 0. The van der Waals surface area contributed by atoms with Crippen LogP contribution in [0, 0.1) is 0 Å². The lowest BCUT2D eigenvalue weighted by Gasteiger charge is -2.30. The number of benzene rings is 2. The highest BCUT2D eigenvalue weighted by Crippen LogP contribution is 2.35. The van der Waals surface area contributed by atoms with Gasteiger partial charge in [0.2, 0.25) is 0 Å². The second-order valence-electron chi connectivity index (χ2n) is 6.10. The first kappa shape index (κ1) is 18.9. The lowest BCUT2D eigenvalue weighted by atomic mass is 10.1. The number of nitrogens with zero attached hydrogens (tertiary/aromatic N) is 1. The monoisotopic (exact) mass is 386 g/mol. The van der Waals surface area contributed by atoms with Gasteiger partial charge in [0.25, 0.3) is 5.91 Å². The summed E-state index contributed by atoms with van der Waals surface area (Å²) in [6.07, 6.45) is 0. The van der Waals surface area contributed by atoms with Crippen molar-refractivity contribution in [1.29, 1.82) is 0 Å². The summed E-state index contributed by atoms with van der Waals surface area (Å²) < 4.78 is 1.03. The SMILES string of the molecule is CCN(CC)C(CNC(=O)c1sc2ccccc2c1Cl)c1ccccc1. The third kappa shape index (κ3) is 3.93. The summed E-state index contributed by atoms with van der Waals surface area (Å²) in [5, 5.41) is 4.58. The van der Waals surface area contributed by atoms with Crippen LogP contribution in [0.3, 0.4) is 0 Å². The van der Waals surface area contributed by atoms with Crippen molar-refractivity contribution in [2.24, 2.45) is 0 Å². The van der Waals surface area contributed by atoms with Gasteiger partial charge in [0, 0.05) is 16.6 Å². The van der Waals surface area contributed by atoms with E-state index >= 15 is 0 Å². The van der Waals surface area contributed by atoms with Gasteiger partial charge in [0.1, 0.15) is 4.88 Å². The minimum absolute atomic E-state index is 0.107. The van der Waals surface area contributed by atoms with Crippen LogP contribution in [-0.4, -0.2) is 30.4 Å². The van der Waals surface area contributed by atoms with E-state index in [1.807, 2.05) is 42.5 Å². The predicted molar refractivity (Wildman–Crippen MR) is 111 cm³/mol. The topological polar surface area (TPSA) is 32.3 Å². The van der Waals surface area contributed by atoms with Crippen molar-refractivity contribution in [1.82, 2.24) is 10.2 Å². The van der Waals surface area contributed by atoms with Crippen LogP contribution in [0.2, 0.25) is 5.02 Å². The number of hydrogen-bond donors (Lipinski definition) is 1. The fourth-order valence-electron chi connectivity index (χ4n) is 3.23. The van der Waals surface area contributed by atoms with Gasteiger partial charge in [-0.2, -0.15) is 0 Å². The van der Waals surface area contributed by atoms with Crippen LogP contribution in [0.4, 0.5) is 0 Å². The molecule has 1 N–H and O–H groups in total. The molecule has 3 aromatic rings. The minimum atomic E-state index is -0.107. The van der Waals surface area contributed by atoms with E-state index in [9.17, 15) is 4.79 Å². The summed E-state index contributed by atoms with van der Waals surface area (Å²) in [5.74, 6) is -0.107. The van der Waals surface area contributed by atoms with Gasteiger partial charge in [0.05, 0.1) is 11.1 Å². The molecule has 0 spiro atoms. The second-order valence-corrected chi connectivity index (χ2v) is 7.53. The van der Waals surface area contributed by atoms with Gasteiger partial charge in [-0.15, -0.1) is 11.3 Å². The van der Waals surface area contributed by atoms with Gasteiger partial charge in [-0.1, -0.05) is 74.0 Å². The minimum Gasteiger partial charge on any atom is -0.349 e. The number of thiophene rings is 1. The van der Waals surface area contributed by atoms with E-state index in [-0.39, 0.29) is 11.9 Å². The Kier molecular flexibility index (Phi) is 6.30. The van der Waals surface area contributed by atoms with E-state index in [1.165, 1.54) is 16.9 Å². The number of hydrogen-bond acceptors (Lipinski definition) is 3. The average Bonchev–Trinajstić information content (AvgIpc) is 3.02. The van der Waals surface area contributed by atoms with Crippen molar-refractivity contribution in [3.8, 4) is 0 Å². The summed E-state index contributed by atoms with van der Waals surface area (Å²) >= 11 is 7.88. The zero-order chi connectivity index (χ0) is 18.5. The molecule has 0 radical (unpaired) electrons. The largest absolute Gasteiger partial charge is 0.349 e.